The van der Waals surface area contributed by atoms with Crippen LogP contribution in [0.2, 0.25) is 10.0 Å². The van der Waals surface area contributed by atoms with Gasteiger partial charge in [0.15, 0.2) is 5.65 Å². The third-order valence-corrected chi connectivity index (χ3v) is 6.64. The smallest absolute Gasteiger partial charge is 0.164 e. The van der Waals surface area contributed by atoms with Crippen LogP contribution in [0.3, 0.4) is 0 Å². The van der Waals surface area contributed by atoms with Crippen molar-refractivity contribution in [1.29, 1.82) is 0 Å². The maximum absolute atomic E-state index is 9.65. The van der Waals surface area contributed by atoms with Gasteiger partial charge in [-0.2, -0.15) is 5.10 Å². The van der Waals surface area contributed by atoms with Gasteiger partial charge in [0.25, 0.3) is 0 Å². The quantitative estimate of drug-likeness (QED) is 0.575. The van der Waals surface area contributed by atoms with E-state index in [0.717, 1.165) is 35.3 Å². The topological polar surface area (TPSA) is 102 Å². The molecular weight excluding hydrogens is 439 g/mol. The Kier molecular flexibility index (Phi) is 6.00. The van der Waals surface area contributed by atoms with E-state index < -0.39 is 0 Å². The normalized spacial score (nSPS) is 17.0. The fourth-order valence-corrected chi connectivity index (χ4v) is 4.91. The van der Waals surface area contributed by atoms with Crippen LogP contribution < -0.4 is 10.5 Å². The second-order valence-electron chi connectivity index (χ2n) is 8.14. The van der Waals surface area contributed by atoms with Crippen molar-refractivity contribution in [3.05, 3.63) is 39.3 Å². The molecule has 10 heteroatoms. The molecule has 2 unspecified atom stereocenters. The van der Waals surface area contributed by atoms with Crippen molar-refractivity contribution in [2.75, 3.05) is 32.5 Å². The van der Waals surface area contributed by atoms with Gasteiger partial charge in [-0.15, -0.1) is 0 Å². The molecule has 0 saturated carbocycles. The molecule has 1 aliphatic rings. The van der Waals surface area contributed by atoms with E-state index >= 15 is 0 Å². The van der Waals surface area contributed by atoms with E-state index in [1.807, 2.05) is 24.6 Å². The number of methoxy groups -OCH3 is 1. The Morgan fingerprint density at radius 1 is 1.29 bits per heavy atom. The first-order chi connectivity index (χ1) is 14.7. The number of likely N-dealkylation sites (tertiary alicyclic amines) is 1. The molecule has 31 heavy (non-hydrogen) atoms. The number of hydrogen-bond donors (Lipinski definition) is 2. The van der Waals surface area contributed by atoms with Crippen molar-refractivity contribution in [2.45, 2.75) is 38.8 Å². The van der Waals surface area contributed by atoms with Crippen LogP contribution in [0.25, 0.3) is 11.0 Å². The van der Waals surface area contributed by atoms with Gasteiger partial charge in [0.1, 0.15) is 17.9 Å². The van der Waals surface area contributed by atoms with Gasteiger partial charge in [-0.3, -0.25) is 4.90 Å². The van der Waals surface area contributed by atoms with Crippen molar-refractivity contribution in [1.82, 2.24) is 24.6 Å². The van der Waals surface area contributed by atoms with Gasteiger partial charge in [-0.1, -0.05) is 23.2 Å². The number of aryl methyl sites for hydroxylation is 1. The van der Waals surface area contributed by atoms with Crippen molar-refractivity contribution in [3.63, 3.8) is 0 Å². The minimum absolute atomic E-state index is 0.167. The number of aliphatic hydroxyl groups is 1. The summed E-state index contributed by atoms with van der Waals surface area (Å²) in [4.78, 5) is 10.7. The lowest BCUT2D eigenvalue weighted by molar-refractivity contribution is 0.0734. The first-order valence-electron chi connectivity index (χ1n) is 10.1. The number of rotatable bonds is 6. The summed E-state index contributed by atoms with van der Waals surface area (Å²) in [5.41, 5.74) is 9.22. The molecule has 8 nitrogen and oxygen atoms in total. The van der Waals surface area contributed by atoms with E-state index in [1.165, 1.54) is 6.33 Å². The van der Waals surface area contributed by atoms with Crippen LogP contribution in [0, 0.1) is 6.92 Å². The Balaban J connectivity index is 1.78. The molecule has 0 bridgehead atoms. The number of nitrogens with zero attached hydrogens (tertiary/aromatic N) is 5. The lowest BCUT2D eigenvalue weighted by Gasteiger charge is -2.41. The summed E-state index contributed by atoms with van der Waals surface area (Å²) in [6, 6.07) is 1.60. The molecule has 0 aliphatic carbocycles. The van der Waals surface area contributed by atoms with Gasteiger partial charge in [0, 0.05) is 36.7 Å². The van der Waals surface area contributed by atoms with E-state index in [9.17, 15) is 5.11 Å². The number of β-amino-alcohol motifs (C(OH)–C–C–N with tert-alkyl or cyclic N) is 1. The molecule has 166 valence electrons. The minimum atomic E-state index is -0.376. The van der Waals surface area contributed by atoms with Gasteiger partial charge in [0.2, 0.25) is 0 Å². The van der Waals surface area contributed by atoms with Crippen LogP contribution in [-0.4, -0.2) is 62.6 Å². The van der Waals surface area contributed by atoms with Crippen LogP contribution in [0.1, 0.15) is 42.6 Å². The number of nitrogen functional groups attached to an aromatic ring is 1. The third-order valence-electron chi connectivity index (χ3n) is 5.84. The van der Waals surface area contributed by atoms with Gasteiger partial charge in [-0.25, -0.2) is 14.6 Å². The summed E-state index contributed by atoms with van der Waals surface area (Å²) in [5, 5.41) is 16.0. The summed E-state index contributed by atoms with van der Waals surface area (Å²) in [6.07, 6.45) is 1.06. The summed E-state index contributed by atoms with van der Waals surface area (Å²) < 4.78 is 7.68. The highest BCUT2D eigenvalue weighted by Gasteiger charge is 2.35. The SMILES string of the molecule is COc1c(C(C)n2nc(C)c3c(N)ncnc32)cc(Cl)c(Cl)c1C1CN(CC(C)O)C1. The monoisotopic (exact) mass is 464 g/mol. The Bertz CT molecular complexity index is 1130. The second kappa shape index (κ2) is 8.43. The minimum Gasteiger partial charge on any atom is -0.496 e. The molecule has 0 radical (unpaired) electrons. The van der Waals surface area contributed by atoms with Crippen molar-refractivity contribution in [2.24, 2.45) is 0 Å². The molecular formula is C21H26Cl2N6O2. The van der Waals surface area contributed by atoms with Crippen LogP contribution in [0.15, 0.2) is 12.4 Å². The number of nitrogens with two attached hydrogens (primary N) is 1. The molecule has 0 amide bonds. The number of halogens is 2. The first kappa shape index (κ1) is 22.1. The third kappa shape index (κ3) is 3.82. The zero-order valence-electron chi connectivity index (χ0n) is 17.9. The Hall–Kier alpha value is -2.13. The van der Waals surface area contributed by atoms with Crippen molar-refractivity contribution in [3.8, 4) is 5.75 Å². The maximum Gasteiger partial charge on any atom is 0.164 e. The standard InChI is InChI=1S/C21H26Cl2N6O2/c1-10(30)6-28-7-13(8-28)17-18(23)15(22)5-14(19(17)31-4)12(3)29-21-16(11(2)27-29)20(24)25-9-26-21/h5,9-10,12-13,30H,6-8H2,1-4H3,(H2,24,25,26). The highest BCUT2D eigenvalue weighted by molar-refractivity contribution is 6.42. The number of hydrogen-bond acceptors (Lipinski definition) is 7. The fraction of sp³-hybridized carbons (Fsp3) is 0.476. The van der Waals surface area contributed by atoms with E-state index in [0.29, 0.717) is 33.8 Å². The molecule has 3 heterocycles. The Morgan fingerprint density at radius 2 is 2.00 bits per heavy atom. The van der Waals surface area contributed by atoms with E-state index in [1.54, 1.807) is 14.0 Å². The van der Waals surface area contributed by atoms with Gasteiger partial charge < -0.3 is 15.6 Å². The average Bonchev–Trinajstić information content (AvgIpc) is 3.03. The van der Waals surface area contributed by atoms with Crippen LogP contribution in [0.4, 0.5) is 5.82 Å². The summed E-state index contributed by atoms with van der Waals surface area (Å²) >= 11 is 13.2. The number of fused-ring (bicyclic) bond motifs is 1. The van der Waals surface area contributed by atoms with E-state index in [-0.39, 0.29) is 18.1 Å². The average molecular weight is 465 g/mol. The lowest BCUT2D eigenvalue weighted by Crippen LogP contribution is -2.48. The Morgan fingerprint density at radius 3 is 2.65 bits per heavy atom. The molecule has 2 atom stereocenters. The highest BCUT2D eigenvalue weighted by Crippen LogP contribution is 2.46. The number of aromatic nitrogens is 4. The molecule has 2 aromatic heterocycles. The molecule has 0 spiro atoms. The molecule has 1 aliphatic heterocycles. The zero-order chi connectivity index (χ0) is 22.4. The van der Waals surface area contributed by atoms with Gasteiger partial charge >= 0.3 is 0 Å². The lowest BCUT2D eigenvalue weighted by atomic mass is 9.88. The fourth-order valence-electron chi connectivity index (χ4n) is 4.40. The summed E-state index contributed by atoms with van der Waals surface area (Å²) in [7, 11) is 1.64. The molecule has 1 fully saturated rings. The summed E-state index contributed by atoms with van der Waals surface area (Å²) in [5.74, 6) is 1.27. The number of ether oxygens (including phenoxy) is 1. The largest absolute Gasteiger partial charge is 0.496 e. The Labute approximate surface area is 190 Å². The maximum atomic E-state index is 9.65. The van der Waals surface area contributed by atoms with E-state index in [4.69, 9.17) is 33.7 Å². The number of benzene rings is 1. The molecule has 1 saturated heterocycles. The number of aliphatic hydroxyl groups excluding tert-OH is 1. The molecule has 1 aromatic carbocycles. The highest BCUT2D eigenvalue weighted by atomic mass is 35.5. The van der Waals surface area contributed by atoms with E-state index in [2.05, 4.69) is 20.0 Å². The predicted octanol–water partition coefficient (Wildman–Crippen LogP) is 3.42. The molecule has 4 rings (SSSR count). The van der Waals surface area contributed by atoms with Gasteiger partial charge in [-0.05, 0) is 26.8 Å². The molecule has 3 aromatic rings. The van der Waals surface area contributed by atoms with Crippen LogP contribution in [0.5, 0.6) is 5.75 Å². The van der Waals surface area contributed by atoms with Crippen LogP contribution in [-0.2, 0) is 0 Å². The predicted molar refractivity (Wildman–Crippen MR) is 122 cm³/mol. The van der Waals surface area contributed by atoms with Crippen molar-refractivity contribution >= 4 is 40.1 Å². The second-order valence-corrected chi connectivity index (χ2v) is 8.92. The van der Waals surface area contributed by atoms with Gasteiger partial charge in [0.05, 0.1) is 40.4 Å². The van der Waals surface area contributed by atoms with Crippen molar-refractivity contribution < 1.29 is 9.84 Å². The van der Waals surface area contributed by atoms with Crippen LogP contribution >= 0.6 is 23.2 Å². The number of anilines is 1. The summed E-state index contributed by atoms with van der Waals surface area (Å²) in [6.45, 7) is 7.86. The first-order valence-corrected chi connectivity index (χ1v) is 10.9. The zero-order valence-corrected chi connectivity index (χ0v) is 19.4. The molecule has 3 N–H and O–H groups in total.